The Hall–Kier alpha value is -0.840. The minimum Gasteiger partial charge on any atom is -0.358 e. The van der Waals surface area contributed by atoms with E-state index in [9.17, 15) is 9.18 Å². The topological polar surface area (TPSA) is 41.1 Å². The van der Waals surface area contributed by atoms with Gasteiger partial charge in [0.2, 0.25) is 5.91 Å². The number of nitrogens with one attached hydrogen (secondary N) is 2. The maximum atomic E-state index is 13.4. The monoisotopic (exact) mass is 292 g/mol. The Balaban J connectivity index is 2.87. The first-order valence-corrected chi connectivity index (χ1v) is 6.24. The molecule has 1 rings (SSSR count). The van der Waals surface area contributed by atoms with Crippen molar-refractivity contribution in [2.45, 2.75) is 25.9 Å². The fourth-order valence-corrected chi connectivity index (χ4v) is 2.17. The largest absolute Gasteiger partial charge is 0.358 e. The Kier molecular flexibility index (Phi) is 5.38. The van der Waals surface area contributed by atoms with Crippen molar-refractivity contribution in [3.8, 4) is 0 Å². The van der Waals surface area contributed by atoms with Crippen LogP contribution in [0.3, 0.4) is 0 Å². The molecule has 0 bridgehead atoms. The smallest absolute Gasteiger partial charge is 0.236 e. The van der Waals surface area contributed by atoms with Gasteiger partial charge >= 0.3 is 0 Å². The molecule has 0 aliphatic heterocycles. The lowest BCUT2D eigenvalue weighted by molar-refractivity contribution is -0.122. The second kappa shape index (κ2) is 6.36. The molecule has 0 spiro atoms. The molecule has 0 aromatic heterocycles. The lowest BCUT2D eigenvalue weighted by Crippen LogP contribution is -2.41. The molecule has 1 aromatic carbocycles. The third kappa shape index (κ3) is 3.57. The molecule has 100 valence electrons. The molecule has 0 heterocycles. The van der Waals surface area contributed by atoms with E-state index in [-0.39, 0.29) is 17.0 Å². The van der Waals surface area contributed by atoms with Gasteiger partial charge < -0.3 is 5.32 Å². The van der Waals surface area contributed by atoms with Gasteiger partial charge in [-0.3, -0.25) is 10.1 Å². The van der Waals surface area contributed by atoms with Crippen molar-refractivity contribution in [1.29, 1.82) is 0 Å². The Labute approximate surface area is 116 Å². The first-order valence-electron chi connectivity index (χ1n) is 5.49. The maximum absolute atomic E-state index is 13.4. The molecule has 1 aromatic rings. The van der Waals surface area contributed by atoms with Crippen LogP contribution in [0.4, 0.5) is 4.39 Å². The Bertz CT molecular complexity index is 454. The summed E-state index contributed by atoms with van der Waals surface area (Å²) < 4.78 is 13.4. The lowest BCUT2D eigenvalue weighted by Gasteiger charge is -2.20. The number of hydrogen-bond donors (Lipinski definition) is 2. The van der Waals surface area contributed by atoms with Crippen molar-refractivity contribution in [3.63, 3.8) is 0 Å². The van der Waals surface area contributed by atoms with Gasteiger partial charge in [-0.2, -0.15) is 0 Å². The highest BCUT2D eigenvalue weighted by Crippen LogP contribution is 2.28. The maximum Gasteiger partial charge on any atom is 0.236 e. The van der Waals surface area contributed by atoms with Gasteiger partial charge in [0.15, 0.2) is 0 Å². The van der Waals surface area contributed by atoms with Crippen LogP contribution < -0.4 is 10.6 Å². The quantitative estimate of drug-likeness (QED) is 0.838. The van der Waals surface area contributed by atoms with Crippen LogP contribution in [0, 0.1) is 5.82 Å². The van der Waals surface area contributed by atoms with Crippen molar-refractivity contribution >= 4 is 29.1 Å². The third-order valence-corrected chi connectivity index (χ3v) is 3.26. The number of likely N-dealkylation sites (N-methyl/N-ethyl adjacent to an activating group) is 1. The molecule has 0 saturated carbocycles. The average molecular weight is 293 g/mol. The van der Waals surface area contributed by atoms with Gasteiger partial charge in [-0.05, 0) is 31.5 Å². The number of amides is 1. The highest BCUT2D eigenvalue weighted by Gasteiger charge is 2.18. The molecule has 0 aliphatic rings. The van der Waals surface area contributed by atoms with Crippen LogP contribution in [0.1, 0.15) is 25.5 Å². The van der Waals surface area contributed by atoms with Crippen LogP contribution in [-0.4, -0.2) is 19.0 Å². The molecule has 0 saturated heterocycles. The molecule has 2 atom stereocenters. The summed E-state index contributed by atoms with van der Waals surface area (Å²) in [5.41, 5.74) is 0.564. The summed E-state index contributed by atoms with van der Waals surface area (Å²) in [6, 6.07) is 1.96. The Morgan fingerprint density at radius 2 is 1.89 bits per heavy atom. The van der Waals surface area contributed by atoms with Gasteiger partial charge in [-0.15, -0.1) is 0 Å². The van der Waals surface area contributed by atoms with Gasteiger partial charge in [0.25, 0.3) is 0 Å². The van der Waals surface area contributed by atoms with E-state index < -0.39 is 11.9 Å². The van der Waals surface area contributed by atoms with Gasteiger partial charge in [0.05, 0.1) is 11.1 Å². The molecule has 0 radical (unpaired) electrons. The molecule has 1 amide bonds. The number of carbonyl (C=O) groups is 1. The van der Waals surface area contributed by atoms with Crippen molar-refractivity contribution in [1.82, 2.24) is 10.6 Å². The summed E-state index contributed by atoms with van der Waals surface area (Å²) in [6.07, 6.45) is 0. The normalized spacial score (nSPS) is 14.1. The van der Waals surface area contributed by atoms with E-state index in [2.05, 4.69) is 10.6 Å². The highest BCUT2D eigenvalue weighted by molar-refractivity contribution is 6.35. The zero-order valence-electron chi connectivity index (χ0n) is 10.4. The molecular formula is C12H15Cl2FN2O. The lowest BCUT2D eigenvalue weighted by atomic mass is 10.1. The van der Waals surface area contributed by atoms with E-state index >= 15 is 0 Å². The highest BCUT2D eigenvalue weighted by atomic mass is 35.5. The average Bonchev–Trinajstić information content (AvgIpc) is 2.32. The molecular weight excluding hydrogens is 278 g/mol. The number of halogens is 3. The van der Waals surface area contributed by atoms with Gasteiger partial charge in [-0.25, -0.2) is 4.39 Å². The molecule has 2 N–H and O–H groups in total. The van der Waals surface area contributed by atoms with Crippen LogP contribution in [0.2, 0.25) is 10.0 Å². The second-order valence-corrected chi connectivity index (χ2v) is 4.83. The first-order chi connectivity index (χ1) is 8.36. The number of carbonyl (C=O) groups excluding carboxylic acids is 1. The van der Waals surface area contributed by atoms with E-state index in [1.807, 2.05) is 0 Å². The van der Waals surface area contributed by atoms with Crippen molar-refractivity contribution in [2.75, 3.05) is 7.05 Å². The van der Waals surface area contributed by atoms with Crippen LogP contribution in [-0.2, 0) is 4.79 Å². The molecule has 18 heavy (non-hydrogen) atoms. The summed E-state index contributed by atoms with van der Waals surface area (Å²) in [7, 11) is 1.56. The number of rotatable bonds is 4. The molecule has 0 aliphatic carbocycles. The van der Waals surface area contributed by atoms with E-state index in [1.165, 1.54) is 12.1 Å². The van der Waals surface area contributed by atoms with E-state index in [0.717, 1.165) is 0 Å². The third-order valence-electron chi connectivity index (χ3n) is 2.65. The molecule has 0 fully saturated rings. The number of hydrogen-bond acceptors (Lipinski definition) is 2. The molecule has 3 nitrogen and oxygen atoms in total. The second-order valence-electron chi connectivity index (χ2n) is 4.01. The fraction of sp³-hybridized carbons (Fsp3) is 0.417. The summed E-state index contributed by atoms with van der Waals surface area (Å²) in [4.78, 5) is 11.4. The van der Waals surface area contributed by atoms with Crippen molar-refractivity contribution in [2.24, 2.45) is 0 Å². The summed E-state index contributed by atoms with van der Waals surface area (Å²) in [5, 5.41) is 5.90. The van der Waals surface area contributed by atoms with Crippen LogP contribution >= 0.6 is 23.2 Å². The summed E-state index contributed by atoms with van der Waals surface area (Å²) in [6.45, 7) is 3.52. The van der Waals surface area contributed by atoms with Crippen LogP contribution in [0.15, 0.2) is 12.1 Å². The van der Waals surface area contributed by atoms with E-state index in [1.54, 1.807) is 20.9 Å². The zero-order chi connectivity index (χ0) is 13.9. The predicted molar refractivity (Wildman–Crippen MR) is 71.5 cm³/mol. The van der Waals surface area contributed by atoms with Crippen LogP contribution in [0.25, 0.3) is 0 Å². The summed E-state index contributed by atoms with van der Waals surface area (Å²) >= 11 is 11.6. The zero-order valence-corrected chi connectivity index (χ0v) is 11.9. The predicted octanol–water partition coefficient (Wildman–Crippen LogP) is 2.92. The van der Waals surface area contributed by atoms with Gasteiger partial charge in [0.1, 0.15) is 5.82 Å². The minimum absolute atomic E-state index is 0.0182. The van der Waals surface area contributed by atoms with E-state index in [0.29, 0.717) is 10.6 Å². The fourth-order valence-electron chi connectivity index (χ4n) is 1.63. The summed E-state index contributed by atoms with van der Waals surface area (Å²) in [5.74, 6) is -0.676. The Morgan fingerprint density at radius 3 is 2.44 bits per heavy atom. The molecule has 2 unspecified atom stereocenters. The minimum atomic E-state index is -0.530. The molecule has 6 heteroatoms. The van der Waals surface area contributed by atoms with Gasteiger partial charge in [0, 0.05) is 18.1 Å². The van der Waals surface area contributed by atoms with Gasteiger partial charge in [-0.1, -0.05) is 23.2 Å². The van der Waals surface area contributed by atoms with Crippen LogP contribution in [0.5, 0.6) is 0 Å². The van der Waals surface area contributed by atoms with E-state index in [4.69, 9.17) is 23.2 Å². The first kappa shape index (κ1) is 15.2. The number of benzene rings is 1. The van der Waals surface area contributed by atoms with Crippen molar-refractivity contribution < 1.29 is 9.18 Å². The SMILES string of the molecule is CNC(=O)C(C)NC(C)c1cc(F)c(Cl)cc1Cl. The standard InChI is InChI=1S/C12H15Cl2FN2O/c1-6(17-7(2)12(18)16-3)8-4-11(15)10(14)5-9(8)13/h4-7,17H,1-3H3,(H,16,18). The van der Waals surface area contributed by atoms with Crippen molar-refractivity contribution in [3.05, 3.63) is 33.6 Å². The Morgan fingerprint density at radius 1 is 1.28 bits per heavy atom.